The van der Waals surface area contributed by atoms with Crippen LogP contribution in [0.1, 0.15) is 48.5 Å². The summed E-state index contributed by atoms with van der Waals surface area (Å²) in [5, 5.41) is 8.25. The van der Waals surface area contributed by atoms with E-state index < -0.39 is 0 Å². The van der Waals surface area contributed by atoms with Gasteiger partial charge in [-0.15, -0.1) is 0 Å². The lowest BCUT2D eigenvalue weighted by Crippen LogP contribution is -2.31. The monoisotopic (exact) mass is 431 g/mol. The van der Waals surface area contributed by atoms with Gasteiger partial charge >= 0.3 is 0 Å². The molecule has 0 atom stereocenters. The molecule has 2 N–H and O–H groups in total. The SMILES string of the molecule is CC(=O)c1ccc(CNCC2CCC(Nc3nc(N(C)C)c4ccccc4n3)CC2)cc1. The normalized spacial score (nSPS) is 18.5. The van der Waals surface area contributed by atoms with Gasteiger partial charge < -0.3 is 15.5 Å². The molecule has 1 saturated carbocycles. The number of nitrogens with zero attached hydrogens (tertiary/aromatic N) is 3. The highest BCUT2D eigenvalue weighted by molar-refractivity contribution is 5.94. The minimum atomic E-state index is 0.113. The van der Waals surface area contributed by atoms with Crippen LogP contribution < -0.4 is 15.5 Å². The lowest BCUT2D eigenvalue weighted by molar-refractivity contribution is 0.101. The van der Waals surface area contributed by atoms with Gasteiger partial charge in [0.25, 0.3) is 0 Å². The summed E-state index contributed by atoms with van der Waals surface area (Å²) >= 11 is 0. The first-order valence-electron chi connectivity index (χ1n) is 11.5. The van der Waals surface area contributed by atoms with E-state index in [2.05, 4.69) is 16.7 Å². The van der Waals surface area contributed by atoms with Gasteiger partial charge in [0, 0.05) is 37.6 Å². The maximum atomic E-state index is 11.4. The highest BCUT2D eigenvalue weighted by Gasteiger charge is 2.22. The Morgan fingerprint density at radius 3 is 2.41 bits per heavy atom. The molecule has 1 aliphatic rings. The lowest BCUT2D eigenvalue weighted by atomic mass is 9.86. The van der Waals surface area contributed by atoms with Crippen LogP contribution in [-0.4, -0.2) is 42.4 Å². The van der Waals surface area contributed by atoms with Gasteiger partial charge in [0.1, 0.15) is 5.82 Å². The van der Waals surface area contributed by atoms with Crippen LogP contribution in [-0.2, 0) is 6.54 Å². The molecular weight excluding hydrogens is 398 g/mol. The highest BCUT2D eigenvalue weighted by atomic mass is 16.1. The smallest absolute Gasteiger partial charge is 0.225 e. The van der Waals surface area contributed by atoms with Gasteiger partial charge in [0.15, 0.2) is 5.78 Å². The second-order valence-corrected chi connectivity index (χ2v) is 9.03. The van der Waals surface area contributed by atoms with E-state index in [0.717, 1.165) is 54.2 Å². The summed E-state index contributed by atoms with van der Waals surface area (Å²) in [6.07, 6.45) is 4.66. The minimum absolute atomic E-state index is 0.113. The van der Waals surface area contributed by atoms with Gasteiger partial charge in [-0.3, -0.25) is 4.79 Å². The predicted octanol–water partition coefficient (Wildman–Crippen LogP) is 4.66. The predicted molar refractivity (Wildman–Crippen MR) is 131 cm³/mol. The van der Waals surface area contributed by atoms with Crippen molar-refractivity contribution in [3.8, 4) is 0 Å². The number of carbonyl (C=O) groups excluding carboxylic acids is 1. The molecule has 1 aliphatic carbocycles. The molecule has 2 aromatic carbocycles. The van der Waals surface area contributed by atoms with E-state index in [4.69, 9.17) is 9.97 Å². The zero-order valence-corrected chi connectivity index (χ0v) is 19.3. The van der Waals surface area contributed by atoms with Crippen molar-refractivity contribution in [3.63, 3.8) is 0 Å². The molecule has 0 saturated heterocycles. The van der Waals surface area contributed by atoms with Crippen LogP contribution in [0.5, 0.6) is 0 Å². The van der Waals surface area contributed by atoms with E-state index in [0.29, 0.717) is 12.0 Å². The Morgan fingerprint density at radius 1 is 1.00 bits per heavy atom. The summed E-state index contributed by atoms with van der Waals surface area (Å²) in [6.45, 7) is 3.47. The van der Waals surface area contributed by atoms with Crippen molar-refractivity contribution in [1.82, 2.24) is 15.3 Å². The van der Waals surface area contributed by atoms with Crippen molar-refractivity contribution in [2.24, 2.45) is 5.92 Å². The van der Waals surface area contributed by atoms with Crippen molar-refractivity contribution in [1.29, 1.82) is 0 Å². The van der Waals surface area contributed by atoms with Gasteiger partial charge in [-0.05, 0) is 62.8 Å². The molecule has 168 valence electrons. The number of hydrogen-bond donors (Lipinski definition) is 2. The molecule has 1 aromatic heterocycles. The van der Waals surface area contributed by atoms with Crippen LogP contribution >= 0.6 is 0 Å². The summed E-state index contributed by atoms with van der Waals surface area (Å²) < 4.78 is 0. The van der Waals surface area contributed by atoms with Gasteiger partial charge in [-0.1, -0.05) is 36.4 Å². The van der Waals surface area contributed by atoms with E-state index in [1.165, 1.54) is 18.4 Å². The molecule has 0 spiro atoms. The van der Waals surface area contributed by atoms with E-state index in [9.17, 15) is 4.79 Å². The van der Waals surface area contributed by atoms with E-state index in [1.807, 2.05) is 61.5 Å². The third-order valence-corrected chi connectivity index (χ3v) is 6.31. The number of anilines is 2. The highest BCUT2D eigenvalue weighted by Crippen LogP contribution is 2.28. The van der Waals surface area contributed by atoms with Crippen LogP contribution in [0.25, 0.3) is 10.9 Å². The Labute approximate surface area is 190 Å². The summed E-state index contributed by atoms with van der Waals surface area (Å²) in [6, 6.07) is 16.5. The summed E-state index contributed by atoms with van der Waals surface area (Å²) in [5.74, 6) is 2.48. The van der Waals surface area contributed by atoms with Crippen LogP contribution in [0.4, 0.5) is 11.8 Å². The van der Waals surface area contributed by atoms with E-state index in [-0.39, 0.29) is 5.78 Å². The van der Waals surface area contributed by atoms with Crippen LogP contribution in [0.15, 0.2) is 48.5 Å². The molecule has 1 heterocycles. The third-order valence-electron chi connectivity index (χ3n) is 6.31. The number of ketones is 1. The third kappa shape index (κ3) is 5.43. The summed E-state index contributed by atoms with van der Waals surface area (Å²) in [7, 11) is 4.04. The number of benzene rings is 2. The second kappa shape index (κ2) is 10.1. The Kier molecular flexibility index (Phi) is 7.00. The Morgan fingerprint density at radius 2 is 1.72 bits per heavy atom. The van der Waals surface area contributed by atoms with Crippen LogP contribution in [0, 0.1) is 5.92 Å². The lowest BCUT2D eigenvalue weighted by Gasteiger charge is -2.29. The topological polar surface area (TPSA) is 70.2 Å². The quantitative estimate of drug-likeness (QED) is 0.506. The number of rotatable bonds is 8. The minimum Gasteiger partial charge on any atom is -0.362 e. The number of para-hydroxylation sites is 1. The zero-order valence-electron chi connectivity index (χ0n) is 19.3. The molecule has 0 aliphatic heterocycles. The van der Waals surface area contributed by atoms with Crippen molar-refractivity contribution in [2.45, 2.75) is 45.2 Å². The molecule has 3 aromatic rings. The molecule has 0 amide bonds. The fourth-order valence-electron chi connectivity index (χ4n) is 4.44. The van der Waals surface area contributed by atoms with E-state index >= 15 is 0 Å². The molecule has 1 fully saturated rings. The van der Waals surface area contributed by atoms with Crippen molar-refractivity contribution < 1.29 is 4.79 Å². The molecule has 0 radical (unpaired) electrons. The maximum Gasteiger partial charge on any atom is 0.225 e. The molecule has 6 heteroatoms. The standard InChI is InChI=1S/C26H33N5O/c1-18(32)21-12-8-19(9-13-21)16-27-17-20-10-14-22(15-11-20)28-26-29-24-7-5-4-6-23(24)25(30-26)31(2)3/h4-9,12-13,20,22,27H,10-11,14-17H2,1-3H3,(H,28,29,30). The Hall–Kier alpha value is -2.99. The van der Waals surface area contributed by atoms with Gasteiger partial charge in [0.05, 0.1) is 5.52 Å². The first-order chi connectivity index (χ1) is 15.5. The average Bonchev–Trinajstić information content (AvgIpc) is 2.80. The fraction of sp³-hybridized carbons (Fsp3) is 0.423. The van der Waals surface area contributed by atoms with E-state index in [1.54, 1.807) is 6.92 Å². The Balaban J connectivity index is 1.26. The second-order valence-electron chi connectivity index (χ2n) is 9.03. The molecular formula is C26H33N5O. The zero-order chi connectivity index (χ0) is 22.5. The molecule has 0 bridgehead atoms. The van der Waals surface area contributed by atoms with Crippen molar-refractivity contribution >= 4 is 28.5 Å². The number of aromatic nitrogens is 2. The largest absolute Gasteiger partial charge is 0.362 e. The van der Waals surface area contributed by atoms with Crippen molar-refractivity contribution in [3.05, 3.63) is 59.7 Å². The molecule has 6 nitrogen and oxygen atoms in total. The van der Waals surface area contributed by atoms with Gasteiger partial charge in [0.2, 0.25) is 5.95 Å². The first-order valence-corrected chi connectivity index (χ1v) is 11.5. The van der Waals surface area contributed by atoms with Crippen LogP contribution in [0.2, 0.25) is 0 Å². The number of hydrogen-bond acceptors (Lipinski definition) is 6. The molecule has 32 heavy (non-hydrogen) atoms. The van der Waals surface area contributed by atoms with Gasteiger partial charge in [-0.2, -0.15) is 4.98 Å². The molecule has 4 rings (SSSR count). The number of carbonyl (C=O) groups is 1. The van der Waals surface area contributed by atoms with Crippen molar-refractivity contribution in [2.75, 3.05) is 30.9 Å². The maximum absolute atomic E-state index is 11.4. The number of nitrogens with one attached hydrogen (secondary N) is 2. The fourth-order valence-corrected chi connectivity index (χ4v) is 4.44. The molecule has 0 unspecified atom stereocenters. The summed E-state index contributed by atoms with van der Waals surface area (Å²) in [4.78, 5) is 23.0. The first kappa shape index (κ1) is 22.2. The average molecular weight is 432 g/mol. The Bertz CT molecular complexity index is 1060. The van der Waals surface area contributed by atoms with Crippen LogP contribution in [0.3, 0.4) is 0 Å². The number of fused-ring (bicyclic) bond motifs is 1. The van der Waals surface area contributed by atoms with Gasteiger partial charge in [-0.25, -0.2) is 4.98 Å². The summed E-state index contributed by atoms with van der Waals surface area (Å²) in [5.41, 5.74) is 2.96. The number of Topliss-reactive ketones (excluding diaryl/α,β-unsaturated/α-hetero) is 1.